The third-order valence-electron chi connectivity index (χ3n) is 4.68. The fourth-order valence-corrected chi connectivity index (χ4v) is 4.48. The number of halogens is 1. The van der Waals surface area contributed by atoms with E-state index in [2.05, 4.69) is 20.9 Å². The number of nitrogens with zero attached hydrogens (tertiary/aromatic N) is 1. The minimum absolute atomic E-state index is 0.0272. The van der Waals surface area contributed by atoms with Crippen LogP contribution in [0.2, 0.25) is 0 Å². The van der Waals surface area contributed by atoms with Crippen LogP contribution in [-0.4, -0.2) is 46.2 Å². The Kier molecular flexibility index (Phi) is 6.48. The molecular weight excluding hydrogens is 395 g/mol. The fourth-order valence-electron chi connectivity index (χ4n) is 3.24. The lowest BCUT2D eigenvalue weighted by molar-refractivity contribution is -0.116. The lowest BCUT2D eigenvalue weighted by Crippen LogP contribution is -2.42. The maximum atomic E-state index is 13.7. The van der Waals surface area contributed by atoms with Crippen LogP contribution in [0.1, 0.15) is 17.9 Å². The first-order valence-electron chi connectivity index (χ1n) is 9.21. The first kappa shape index (κ1) is 20.8. The van der Waals surface area contributed by atoms with Crippen molar-refractivity contribution in [2.24, 2.45) is 4.99 Å². The minimum Gasteiger partial charge on any atom is -0.356 e. The van der Waals surface area contributed by atoms with Gasteiger partial charge in [0, 0.05) is 38.2 Å². The number of nitrogens with one attached hydrogen (secondary N) is 3. The van der Waals surface area contributed by atoms with Gasteiger partial charge in [0.2, 0.25) is 5.91 Å². The maximum absolute atomic E-state index is 13.7. The van der Waals surface area contributed by atoms with Gasteiger partial charge in [0.15, 0.2) is 15.8 Å². The second-order valence-corrected chi connectivity index (χ2v) is 8.74. The molecule has 1 atom stereocenters. The Morgan fingerprint density at radius 1 is 1.17 bits per heavy atom. The second-order valence-electron chi connectivity index (χ2n) is 6.67. The van der Waals surface area contributed by atoms with E-state index in [9.17, 15) is 17.6 Å². The summed E-state index contributed by atoms with van der Waals surface area (Å²) >= 11 is 0. The molecule has 29 heavy (non-hydrogen) atoms. The van der Waals surface area contributed by atoms with Crippen molar-refractivity contribution in [3.63, 3.8) is 0 Å². The Labute approximate surface area is 169 Å². The Bertz CT molecular complexity index is 1020. The molecule has 154 valence electrons. The first-order valence-corrected chi connectivity index (χ1v) is 10.9. The first-order chi connectivity index (χ1) is 13.9. The molecule has 0 aliphatic carbocycles. The number of fused-ring (bicyclic) bond motifs is 1. The summed E-state index contributed by atoms with van der Waals surface area (Å²) in [6, 6.07) is 12.9. The van der Waals surface area contributed by atoms with Crippen molar-refractivity contribution in [3.8, 4) is 0 Å². The van der Waals surface area contributed by atoms with E-state index < -0.39 is 15.7 Å². The maximum Gasteiger partial charge on any atom is 0.225 e. The van der Waals surface area contributed by atoms with E-state index in [1.807, 2.05) is 24.3 Å². The highest BCUT2D eigenvalue weighted by Gasteiger charge is 2.25. The molecule has 1 heterocycles. The lowest BCUT2D eigenvalue weighted by atomic mass is 9.90. The van der Waals surface area contributed by atoms with Crippen LogP contribution in [0.3, 0.4) is 0 Å². The number of hydrogen-bond acceptors (Lipinski definition) is 4. The predicted molar refractivity (Wildman–Crippen MR) is 110 cm³/mol. The molecule has 7 nitrogen and oxygen atoms in total. The Balaban J connectivity index is 1.56. The number of anilines is 1. The quantitative estimate of drug-likeness (QED) is 0.491. The summed E-state index contributed by atoms with van der Waals surface area (Å²) in [6.07, 6.45) is 0.350. The molecule has 0 fully saturated rings. The summed E-state index contributed by atoms with van der Waals surface area (Å²) in [6.45, 7) is 0.530. The molecule has 3 rings (SSSR count). The Hall–Kier alpha value is -2.94. The monoisotopic (exact) mass is 418 g/mol. The highest BCUT2D eigenvalue weighted by molar-refractivity contribution is 7.91. The van der Waals surface area contributed by atoms with Crippen molar-refractivity contribution in [1.29, 1.82) is 0 Å². The predicted octanol–water partition coefficient (Wildman–Crippen LogP) is 1.89. The van der Waals surface area contributed by atoms with Crippen LogP contribution in [0.4, 0.5) is 10.1 Å². The molecule has 1 amide bonds. The van der Waals surface area contributed by atoms with Crippen LogP contribution in [0.5, 0.6) is 0 Å². The van der Waals surface area contributed by atoms with Gasteiger partial charge in [0.25, 0.3) is 0 Å². The van der Waals surface area contributed by atoms with Crippen LogP contribution >= 0.6 is 0 Å². The van der Waals surface area contributed by atoms with Crippen molar-refractivity contribution in [3.05, 3.63) is 59.9 Å². The molecule has 0 spiro atoms. The zero-order chi connectivity index (χ0) is 20.9. The summed E-state index contributed by atoms with van der Waals surface area (Å²) in [4.78, 5) is 15.7. The van der Waals surface area contributed by atoms with Gasteiger partial charge >= 0.3 is 0 Å². The van der Waals surface area contributed by atoms with E-state index in [1.54, 1.807) is 7.05 Å². The van der Waals surface area contributed by atoms with Crippen molar-refractivity contribution in [2.45, 2.75) is 17.2 Å². The highest BCUT2D eigenvalue weighted by Crippen LogP contribution is 2.31. The van der Waals surface area contributed by atoms with Gasteiger partial charge in [-0.3, -0.25) is 9.79 Å². The van der Waals surface area contributed by atoms with Crippen LogP contribution in [-0.2, 0) is 14.6 Å². The van der Waals surface area contributed by atoms with Crippen molar-refractivity contribution in [2.75, 3.05) is 31.2 Å². The number of amides is 1. The summed E-state index contributed by atoms with van der Waals surface area (Å²) in [7, 11) is -2.18. The average molecular weight is 418 g/mol. The smallest absolute Gasteiger partial charge is 0.225 e. The Morgan fingerprint density at radius 2 is 1.90 bits per heavy atom. The number of para-hydroxylation sites is 1. The fraction of sp³-hybridized carbons (Fsp3) is 0.300. The third-order valence-corrected chi connectivity index (χ3v) is 6.42. The van der Waals surface area contributed by atoms with E-state index in [0.29, 0.717) is 18.9 Å². The summed E-state index contributed by atoms with van der Waals surface area (Å²) in [5.41, 5.74) is 1.84. The molecule has 0 radical (unpaired) electrons. The SMILES string of the molecule is CN=C(NCCS(=O)(=O)c1ccccc1F)NCC1CC(=O)Nc2ccccc21. The molecule has 0 saturated carbocycles. The summed E-state index contributed by atoms with van der Waals surface area (Å²) in [5, 5.41) is 8.91. The number of guanidine groups is 1. The molecule has 0 aromatic heterocycles. The van der Waals surface area contributed by atoms with E-state index >= 15 is 0 Å². The van der Waals surface area contributed by atoms with Gasteiger partial charge in [0.1, 0.15) is 10.7 Å². The number of sulfone groups is 1. The van der Waals surface area contributed by atoms with Gasteiger partial charge in [-0.2, -0.15) is 0 Å². The number of carbonyl (C=O) groups is 1. The van der Waals surface area contributed by atoms with Crippen molar-refractivity contribution < 1.29 is 17.6 Å². The van der Waals surface area contributed by atoms with Crippen molar-refractivity contribution >= 4 is 27.4 Å². The second kappa shape index (κ2) is 9.04. The van der Waals surface area contributed by atoms with Crippen LogP contribution in [0, 0.1) is 5.82 Å². The average Bonchev–Trinajstić information content (AvgIpc) is 2.70. The molecule has 1 unspecified atom stereocenters. The minimum atomic E-state index is -3.75. The van der Waals surface area contributed by atoms with Crippen LogP contribution in [0.15, 0.2) is 58.4 Å². The van der Waals surface area contributed by atoms with E-state index in [4.69, 9.17) is 0 Å². The normalized spacial score (nSPS) is 16.7. The number of aliphatic imine (C=N–C) groups is 1. The molecule has 2 aromatic carbocycles. The van der Waals surface area contributed by atoms with Crippen LogP contribution < -0.4 is 16.0 Å². The Morgan fingerprint density at radius 3 is 2.66 bits per heavy atom. The topological polar surface area (TPSA) is 99.7 Å². The molecule has 0 bridgehead atoms. The summed E-state index contributed by atoms with van der Waals surface area (Å²) < 4.78 is 38.4. The van der Waals surface area contributed by atoms with Gasteiger partial charge in [0.05, 0.1) is 5.75 Å². The standard InChI is InChI=1S/C20H23FN4O3S/c1-22-20(23-10-11-29(27,28)18-9-5-3-7-16(18)21)24-13-14-12-19(26)25-17-8-4-2-6-15(14)17/h2-9,14H,10-13H2,1H3,(H,25,26)(H2,22,23,24). The molecule has 0 saturated heterocycles. The lowest BCUT2D eigenvalue weighted by Gasteiger charge is -2.26. The number of rotatable bonds is 6. The number of benzene rings is 2. The summed E-state index contributed by atoms with van der Waals surface area (Å²) in [5.74, 6) is -0.694. The largest absolute Gasteiger partial charge is 0.356 e. The third kappa shape index (κ3) is 5.11. The molecule has 9 heteroatoms. The number of hydrogen-bond donors (Lipinski definition) is 3. The zero-order valence-electron chi connectivity index (χ0n) is 16.0. The molecule has 1 aliphatic rings. The van der Waals surface area contributed by atoms with E-state index in [-0.39, 0.29) is 29.0 Å². The van der Waals surface area contributed by atoms with Gasteiger partial charge in [-0.05, 0) is 23.8 Å². The van der Waals surface area contributed by atoms with Gasteiger partial charge in [-0.15, -0.1) is 0 Å². The van der Waals surface area contributed by atoms with Gasteiger partial charge < -0.3 is 16.0 Å². The molecule has 3 N–H and O–H groups in total. The van der Waals surface area contributed by atoms with E-state index in [1.165, 1.54) is 18.2 Å². The zero-order valence-corrected chi connectivity index (χ0v) is 16.8. The van der Waals surface area contributed by atoms with Crippen LogP contribution in [0.25, 0.3) is 0 Å². The van der Waals surface area contributed by atoms with Crippen molar-refractivity contribution in [1.82, 2.24) is 10.6 Å². The number of carbonyl (C=O) groups excluding carboxylic acids is 1. The van der Waals surface area contributed by atoms with Gasteiger partial charge in [-0.1, -0.05) is 30.3 Å². The highest BCUT2D eigenvalue weighted by atomic mass is 32.2. The molecular formula is C20H23FN4O3S. The molecule has 2 aromatic rings. The van der Waals surface area contributed by atoms with E-state index in [0.717, 1.165) is 17.3 Å². The van der Waals surface area contributed by atoms with Gasteiger partial charge in [-0.25, -0.2) is 12.8 Å². The molecule has 1 aliphatic heterocycles.